The third-order valence-corrected chi connectivity index (χ3v) is 2.75. The Morgan fingerprint density at radius 2 is 2.16 bits per heavy atom. The van der Waals surface area contributed by atoms with Crippen LogP contribution in [-0.2, 0) is 18.3 Å². The van der Waals surface area contributed by atoms with Crippen molar-refractivity contribution in [3.05, 3.63) is 53.9 Å². The molecule has 98 valence electrons. The zero-order valence-electron chi connectivity index (χ0n) is 10.6. The number of amides is 1. The molecule has 0 saturated carbocycles. The smallest absolute Gasteiger partial charge is 0.255 e. The molecular formula is C14H15N3O2. The maximum atomic E-state index is 11.9. The molecule has 19 heavy (non-hydrogen) atoms. The van der Waals surface area contributed by atoms with E-state index in [1.54, 1.807) is 17.9 Å². The molecule has 0 unspecified atom stereocenters. The first-order valence-corrected chi connectivity index (χ1v) is 5.98. The first kappa shape index (κ1) is 13.0. The average molecular weight is 257 g/mol. The van der Waals surface area contributed by atoms with E-state index >= 15 is 0 Å². The molecule has 0 radical (unpaired) electrons. The molecule has 5 nitrogen and oxygen atoms in total. The van der Waals surface area contributed by atoms with Crippen LogP contribution < -0.4 is 5.32 Å². The lowest BCUT2D eigenvalue weighted by atomic mass is 10.1. The van der Waals surface area contributed by atoms with Crippen molar-refractivity contribution in [2.75, 3.05) is 0 Å². The summed E-state index contributed by atoms with van der Waals surface area (Å²) >= 11 is 0. The summed E-state index contributed by atoms with van der Waals surface area (Å²) < 4.78 is 1.54. The molecule has 0 saturated heterocycles. The van der Waals surface area contributed by atoms with Crippen molar-refractivity contribution in [3.63, 3.8) is 0 Å². The molecule has 1 heterocycles. The lowest BCUT2D eigenvalue weighted by Gasteiger charge is -2.11. The first-order valence-electron chi connectivity index (χ1n) is 5.98. The van der Waals surface area contributed by atoms with Crippen molar-refractivity contribution >= 4 is 12.2 Å². The van der Waals surface area contributed by atoms with Crippen LogP contribution in [-0.4, -0.2) is 28.0 Å². The van der Waals surface area contributed by atoms with E-state index in [1.807, 2.05) is 30.3 Å². The second kappa shape index (κ2) is 5.95. The summed E-state index contributed by atoms with van der Waals surface area (Å²) in [4.78, 5) is 22.9. The molecule has 0 aliphatic carbocycles. The predicted molar refractivity (Wildman–Crippen MR) is 70.7 cm³/mol. The van der Waals surface area contributed by atoms with Gasteiger partial charge in [0.2, 0.25) is 0 Å². The molecule has 0 aliphatic rings. The fraction of sp³-hybridized carbons (Fsp3) is 0.214. The van der Waals surface area contributed by atoms with Gasteiger partial charge in [0.25, 0.3) is 5.91 Å². The Hall–Kier alpha value is -2.43. The van der Waals surface area contributed by atoms with Crippen LogP contribution in [0.3, 0.4) is 0 Å². The molecule has 0 fully saturated rings. The quantitative estimate of drug-likeness (QED) is 0.811. The first-order chi connectivity index (χ1) is 9.19. The minimum Gasteiger partial charge on any atom is -0.342 e. The standard InChI is InChI=1S/C14H15N3O2/c1-17-9-12(8-15-17)14(19)16-13(10-18)7-11-5-3-2-4-6-11/h2-6,8-10,13H,7H2,1H3,(H,16,19)/t13-/m0/s1. The number of rotatable bonds is 5. The molecule has 1 atom stereocenters. The number of hydrogen-bond acceptors (Lipinski definition) is 3. The highest BCUT2D eigenvalue weighted by Crippen LogP contribution is 2.03. The maximum absolute atomic E-state index is 11.9. The molecule has 2 aromatic rings. The largest absolute Gasteiger partial charge is 0.342 e. The summed E-state index contributed by atoms with van der Waals surface area (Å²) in [6, 6.07) is 9.03. The number of hydrogen-bond donors (Lipinski definition) is 1. The number of benzene rings is 1. The van der Waals surface area contributed by atoms with Gasteiger partial charge in [0, 0.05) is 13.2 Å². The summed E-state index contributed by atoms with van der Waals surface area (Å²) in [5, 5.41) is 6.61. The number of nitrogens with one attached hydrogen (secondary N) is 1. The molecule has 1 N–H and O–H groups in total. The van der Waals surface area contributed by atoms with Crippen molar-refractivity contribution in [2.45, 2.75) is 12.5 Å². The third-order valence-electron chi connectivity index (χ3n) is 2.75. The number of carbonyl (C=O) groups excluding carboxylic acids is 2. The van der Waals surface area contributed by atoms with Crippen molar-refractivity contribution in [2.24, 2.45) is 7.05 Å². The Morgan fingerprint density at radius 1 is 1.42 bits per heavy atom. The van der Waals surface area contributed by atoms with Crippen LogP contribution in [0.1, 0.15) is 15.9 Å². The summed E-state index contributed by atoms with van der Waals surface area (Å²) in [5.41, 5.74) is 1.45. The Bertz CT molecular complexity index is 563. The van der Waals surface area contributed by atoms with Crippen molar-refractivity contribution in [1.82, 2.24) is 15.1 Å². The van der Waals surface area contributed by atoms with Gasteiger partial charge in [0.1, 0.15) is 6.29 Å². The van der Waals surface area contributed by atoms with Gasteiger partial charge in [0.05, 0.1) is 17.8 Å². The number of aromatic nitrogens is 2. The SMILES string of the molecule is Cn1cc(C(=O)N[C@H](C=O)Cc2ccccc2)cn1. The molecule has 0 aliphatic heterocycles. The molecule has 0 spiro atoms. The topological polar surface area (TPSA) is 64.0 Å². The van der Waals surface area contributed by atoms with Gasteiger partial charge in [-0.15, -0.1) is 0 Å². The molecule has 2 rings (SSSR count). The highest BCUT2D eigenvalue weighted by molar-refractivity contribution is 5.95. The van der Waals surface area contributed by atoms with E-state index in [0.29, 0.717) is 12.0 Å². The molecular weight excluding hydrogens is 242 g/mol. The summed E-state index contributed by atoms with van der Waals surface area (Å²) in [6.45, 7) is 0. The lowest BCUT2D eigenvalue weighted by molar-refractivity contribution is -0.109. The fourth-order valence-electron chi connectivity index (χ4n) is 1.79. The van der Waals surface area contributed by atoms with Gasteiger partial charge in [-0.3, -0.25) is 9.48 Å². The van der Waals surface area contributed by atoms with E-state index in [2.05, 4.69) is 10.4 Å². The van der Waals surface area contributed by atoms with Crippen molar-refractivity contribution < 1.29 is 9.59 Å². The summed E-state index contributed by atoms with van der Waals surface area (Å²) in [5.74, 6) is -0.291. The molecule has 1 amide bonds. The van der Waals surface area contributed by atoms with Gasteiger partial charge in [-0.25, -0.2) is 0 Å². The molecule has 1 aromatic heterocycles. The van der Waals surface area contributed by atoms with Crippen LogP contribution in [0.2, 0.25) is 0 Å². The van der Waals surface area contributed by atoms with E-state index in [-0.39, 0.29) is 5.91 Å². The number of carbonyl (C=O) groups is 2. The highest BCUT2D eigenvalue weighted by atomic mass is 16.2. The zero-order chi connectivity index (χ0) is 13.7. The van der Waals surface area contributed by atoms with Crippen LogP contribution in [0.15, 0.2) is 42.7 Å². The summed E-state index contributed by atoms with van der Waals surface area (Å²) in [6.07, 6.45) is 4.32. The maximum Gasteiger partial charge on any atom is 0.255 e. The Balaban J connectivity index is 1.99. The number of aryl methyl sites for hydroxylation is 1. The fourth-order valence-corrected chi connectivity index (χ4v) is 1.79. The molecule has 1 aromatic carbocycles. The van der Waals surface area contributed by atoms with Crippen LogP contribution in [0.5, 0.6) is 0 Å². The minimum atomic E-state index is -0.532. The Morgan fingerprint density at radius 3 is 2.74 bits per heavy atom. The Labute approximate surface area is 111 Å². The highest BCUT2D eigenvalue weighted by Gasteiger charge is 2.14. The van der Waals surface area contributed by atoms with Gasteiger partial charge < -0.3 is 10.1 Å². The second-order valence-electron chi connectivity index (χ2n) is 4.31. The molecule has 5 heteroatoms. The van der Waals surface area contributed by atoms with Gasteiger partial charge in [-0.05, 0) is 12.0 Å². The van der Waals surface area contributed by atoms with Gasteiger partial charge >= 0.3 is 0 Å². The van der Waals surface area contributed by atoms with Crippen molar-refractivity contribution in [3.8, 4) is 0 Å². The van der Waals surface area contributed by atoms with Crippen molar-refractivity contribution in [1.29, 1.82) is 0 Å². The molecule has 0 bridgehead atoms. The Kier molecular flexibility index (Phi) is 4.07. The van der Waals surface area contributed by atoms with Crippen LogP contribution >= 0.6 is 0 Å². The lowest BCUT2D eigenvalue weighted by Crippen LogP contribution is -2.37. The van der Waals surface area contributed by atoms with Gasteiger partial charge in [-0.1, -0.05) is 30.3 Å². The number of aldehydes is 1. The van der Waals surface area contributed by atoms with E-state index < -0.39 is 6.04 Å². The van der Waals surface area contributed by atoms with Crippen LogP contribution in [0, 0.1) is 0 Å². The minimum absolute atomic E-state index is 0.291. The van der Waals surface area contributed by atoms with E-state index in [9.17, 15) is 9.59 Å². The van der Waals surface area contributed by atoms with E-state index in [4.69, 9.17) is 0 Å². The third kappa shape index (κ3) is 3.51. The zero-order valence-corrected chi connectivity index (χ0v) is 10.6. The second-order valence-corrected chi connectivity index (χ2v) is 4.31. The van der Waals surface area contributed by atoms with E-state index in [1.165, 1.54) is 6.20 Å². The van der Waals surface area contributed by atoms with E-state index in [0.717, 1.165) is 11.8 Å². The number of nitrogens with zero attached hydrogens (tertiary/aromatic N) is 2. The monoisotopic (exact) mass is 257 g/mol. The predicted octanol–water partition coefficient (Wildman–Crippen LogP) is 0.960. The summed E-state index contributed by atoms with van der Waals surface area (Å²) in [7, 11) is 1.73. The van der Waals surface area contributed by atoms with Crippen LogP contribution in [0.4, 0.5) is 0 Å². The normalized spacial score (nSPS) is 11.8. The average Bonchev–Trinajstić information content (AvgIpc) is 2.86. The van der Waals surface area contributed by atoms with Gasteiger partial charge in [-0.2, -0.15) is 5.10 Å². The van der Waals surface area contributed by atoms with Gasteiger partial charge in [0.15, 0.2) is 0 Å². The van der Waals surface area contributed by atoms with Crippen LogP contribution in [0.25, 0.3) is 0 Å².